The van der Waals surface area contributed by atoms with E-state index < -0.39 is 5.54 Å². The molecule has 1 aliphatic heterocycles. The van der Waals surface area contributed by atoms with Gasteiger partial charge in [0, 0.05) is 12.8 Å². The van der Waals surface area contributed by atoms with Gasteiger partial charge in [-0.25, -0.2) is 0 Å². The highest BCUT2D eigenvalue weighted by Crippen LogP contribution is 2.15. The third-order valence-electron chi connectivity index (χ3n) is 2.89. The Morgan fingerprint density at radius 3 is 3.11 bits per heavy atom. The van der Waals surface area contributed by atoms with Crippen LogP contribution in [-0.2, 0) is 16.1 Å². The minimum atomic E-state index is -0.892. The van der Waals surface area contributed by atoms with E-state index in [1.54, 1.807) is 30.9 Å². The summed E-state index contributed by atoms with van der Waals surface area (Å²) >= 11 is 0. The Kier molecular flexibility index (Phi) is 3.68. The van der Waals surface area contributed by atoms with Crippen LogP contribution in [0.2, 0.25) is 0 Å². The second-order valence-corrected chi connectivity index (χ2v) is 5.26. The Morgan fingerprint density at radius 1 is 1.72 bits per heavy atom. The maximum atomic E-state index is 11.7. The van der Waals surface area contributed by atoms with Crippen molar-refractivity contribution in [3.05, 3.63) is 12.4 Å². The molecule has 18 heavy (non-hydrogen) atoms. The third-order valence-corrected chi connectivity index (χ3v) is 2.89. The van der Waals surface area contributed by atoms with E-state index in [1.807, 2.05) is 0 Å². The number of nitrogens with one attached hydrogen (secondary N) is 1. The van der Waals surface area contributed by atoms with Crippen LogP contribution in [0.3, 0.4) is 0 Å². The van der Waals surface area contributed by atoms with E-state index in [0.717, 1.165) is 26.0 Å². The fraction of sp³-hybridized carbons (Fsp3) is 0.667. The average Bonchev–Trinajstić information content (AvgIpc) is 2.89. The van der Waals surface area contributed by atoms with Gasteiger partial charge in [-0.2, -0.15) is 5.10 Å². The van der Waals surface area contributed by atoms with Crippen molar-refractivity contribution in [3.8, 4) is 0 Å². The van der Waals surface area contributed by atoms with E-state index in [4.69, 9.17) is 10.5 Å². The number of amides is 1. The highest BCUT2D eigenvalue weighted by molar-refractivity contribution is 5.97. The molecule has 100 valence electrons. The smallest absolute Gasteiger partial charge is 0.243 e. The van der Waals surface area contributed by atoms with Crippen molar-refractivity contribution >= 4 is 11.6 Å². The predicted molar refractivity (Wildman–Crippen MR) is 68.1 cm³/mol. The van der Waals surface area contributed by atoms with Crippen LogP contribution in [-0.4, -0.2) is 33.9 Å². The minimum Gasteiger partial charge on any atom is -0.376 e. The molecule has 0 aromatic carbocycles. The number of rotatable bonds is 4. The van der Waals surface area contributed by atoms with Gasteiger partial charge in [0.25, 0.3) is 0 Å². The average molecular weight is 252 g/mol. The second-order valence-electron chi connectivity index (χ2n) is 5.26. The molecule has 0 bridgehead atoms. The van der Waals surface area contributed by atoms with Crippen LogP contribution >= 0.6 is 0 Å². The minimum absolute atomic E-state index is 0.223. The van der Waals surface area contributed by atoms with Gasteiger partial charge in [0.1, 0.15) is 0 Å². The first-order valence-corrected chi connectivity index (χ1v) is 6.19. The van der Waals surface area contributed by atoms with Crippen molar-refractivity contribution in [1.29, 1.82) is 0 Å². The van der Waals surface area contributed by atoms with Crippen LogP contribution in [0.1, 0.15) is 26.7 Å². The van der Waals surface area contributed by atoms with Gasteiger partial charge in [-0.15, -0.1) is 0 Å². The summed E-state index contributed by atoms with van der Waals surface area (Å²) in [6.07, 6.45) is 5.83. The summed E-state index contributed by atoms with van der Waals surface area (Å²) < 4.78 is 7.32. The lowest BCUT2D eigenvalue weighted by atomic mass is 10.1. The number of nitrogens with two attached hydrogens (primary N) is 1. The van der Waals surface area contributed by atoms with Crippen LogP contribution in [0.15, 0.2) is 12.4 Å². The molecule has 1 fully saturated rings. The Morgan fingerprint density at radius 2 is 2.50 bits per heavy atom. The summed E-state index contributed by atoms with van der Waals surface area (Å²) in [4.78, 5) is 11.7. The number of carbonyl (C=O) groups is 1. The molecule has 1 aromatic heterocycles. The molecule has 0 radical (unpaired) electrons. The molecule has 1 aromatic rings. The molecule has 2 rings (SSSR count). The molecule has 1 aliphatic rings. The quantitative estimate of drug-likeness (QED) is 0.828. The highest BCUT2D eigenvalue weighted by Gasteiger charge is 2.22. The van der Waals surface area contributed by atoms with Crippen LogP contribution in [0.25, 0.3) is 0 Å². The van der Waals surface area contributed by atoms with Gasteiger partial charge in [-0.1, -0.05) is 0 Å². The van der Waals surface area contributed by atoms with Gasteiger partial charge < -0.3 is 15.8 Å². The van der Waals surface area contributed by atoms with Crippen LogP contribution in [0.4, 0.5) is 5.69 Å². The topological polar surface area (TPSA) is 82.2 Å². The number of ether oxygens (including phenoxy) is 1. The van der Waals surface area contributed by atoms with E-state index in [9.17, 15) is 4.79 Å². The summed E-state index contributed by atoms with van der Waals surface area (Å²) in [5, 5.41) is 6.93. The molecule has 0 aliphatic carbocycles. The fourth-order valence-corrected chi connectivity index (χ4v) is 1.82. The van der Waals surface area contributed by atoms with E-state index in [2.05, 4.69) is 10.4 Å². The zero-order valence-electron chi connectivity index (χ0n) is 10.8. The van der Waals surface area contributed by atoms with Crippen molar-refractivity contribution in [2.24, 2.45) is 5.73 Å². The van der Waals surface area contributed by atoms with Gasteiger partial charge in [0.05, 0.1) is 30.1 Å². The number of carbonyl (C=O) groups excluding carboxylic acids is 1. The van der Waals surface area contributed by atoms with Gasteiger partial charge in [-0.05, 0) is 26.7 Å². The summed E-state index contributed by atoms with van der Waals surface area (Å²) in [6.45, 7) is 4.89. The predicted octanol–water partition coefficient (Wildman–Crippen LogP) is 0.738. The fourth-order valence-electron chi connectivity index (χ4n) is 1.82. The van der Waals surface area contributed by atoms with Gasteiger partial charge >= 0.3 is 0 Å². The largest absolute Gasteiger partial charge is 0.376 e. The number of anilines is 1. The first-order chi connectivity index (χ1) is 8.45. The molecule has 1 atom stereocenters. The van der Waals surface area contributed by atoms with E-state index in [-0.39, 0.29) is 12.0 Å². The summed E-state index contributed by atoms with van der Waals surface area (Å²) in [7, 11) is 0. The monoisotopic (exact) mass is 252 g/mol. The standard InChI is InChI=1S/C12H20N4O2/c1-12(2,13)11(17)15-9-6-14-16(7-9)8-10-4-3-5-18-10/h6-7,10H,3-5,8,13H2,1-2H3,(H,15,17). The van der Waals surface area contributed by atoms with E-state index >= 15 is 0 Å². The Bertz CT molecular complexity index is 416. The molecular formula is C12H20N4O2. The molecule has 6 heteroatoms. The highest BCUT2D eigenvalue weighted by atomic mass is 16.5. The Labute approximate surface area is 106 Å². The number of aromatic nitrogens is 2. The maximum absolute atomic E-state index is 11.7. The number of hydrogen-bond acceptors (Lipinski definition) is 4. The zero-order chi connectivity index (χ0) is 13.2. The lowest BCUT2D eigenvalue weighted by Crippen LogP contribution is -2.45. The summed E-state index contributed by atoms with van der Waals surface area (Å²) in [5.41, 5.74) is 5.48. The lowest BCUT2D eigenvalue weighted by molar-refractivity contribution is -0.120. The molecule has 1 amide bonds. The molecule has 6 nitrogen and oxygen atoms in total. The zero-order valence-corrected chi connectivity index (χ0v) is 10.8. The van der Waals surface area contributed by atoms with Gasteiger partial charge in [0.15, 0.2) is 0 Å². The summed E-state index contributed by atoms with van der Waals surface area (Å²) in [6, 6.07) is 0. The van der Waals surface area contributed by atoms with Crippen molar-refractivity contribution in [1.82, 2.24) is 9.78 Å². The molecular weight excluding hydrogens is 232 g/mol. The van der Waals surface area contributed by atoms with Crippen molar-refractivity contribution in [2.75, 3.05) is 11.9 Å². The van der Waals surface area contributed by atoms with Crippen molar-refractivity contribution in [2.45, 2.75) is 44.9 Å². The first-order valence-electron chi connectivity index (χ1n) is 6.19. The first kappa shape index (κ1) is 13.0. The second kappa shape index (κ2) is 5.07. The normalized spacial score (nSPS) is 20.1. The molecule has 0 saturated carbocycles. The molecule has 0 spiro atoms. The lowest BCUT2D eigenvalue weighted by Gasteiger charge is -2.16. The Balaban J connectivity index is 1.91. The summed E-state index contributed by atoms with van der Waals surface area (Å²) in [5.74, 6) is -0.223. The van der Waals surface area contributed by atoms with Crippen LogP contribution in [0, 0.1) is 0 Å². The van der Waals surface area contributed by atoms with Crippen LogP contribution in [0.5, 0.6) is 0 Å². The molecule has 1 saturated heterocycles. The van der Waals surface area contributed by atoms with E-state index in [0.29, 0.717) is 5.69 Å². The Hall–Kier alpha value is -1.40. The van der Waals surface area contributed by atoms with Crippen LogP contribution < -0.4 is 11.1 Å². The van der Waals surface area contributed by atoms with Crippen molar-refractivity contribution < 1.29 is 9.53 Å². The number of nitrogens with zero attached hydrogens (tertiary/aromatic N) is 2. The molecule has 3 N–H and O–H groups in total. The SMILES string of the molecule is CC(C)(N)C(=O)Nc1cnn(CC2CCCO2)c1. The third kappa shape index (κ3) is 3.30. The van der Waals surface area contributed by atoms with Crippen molar-refractivity contribution in [3.63, 3.8) is 0 Å². The maximum Gasteiger partial charge on any atom is 0.243 e. The molecule has 2 heterocycles. The molecule has 1 unspecified atom stereocenters. The number of hydrogen-bond donors (Lipinski definition) is 2. The van der Waals surface area contributed by atoms with E-state index in [1.165, 1.54) is 0 Å². The van der Waals surface area contributed by atoms with Gasteiger partial charge in [-0.3, -0.25) is 9.48 Å². The van der Waals surface area contributed by atoms with Gasteiger partial charge in [0.2, 0.25) is 5.91 Å².